The molecular formula is C18H23N3O2. The lowest BCUT2D eigenvalue weighted by atomic mass is 10.0. The van der Waals surface area contributed by atoms with Crippen LogP contribution in [0.2, 0.25) is 0 Å². The number of carbonyl (C=O) groups excluding carboxylic acids is 2. The maximum absolute atomic E-state index is 12.6. The minimum absolute atomic E-state index is 0.199. The summed E-state index contributed by atoms with van der Waals surface area (Å²) in [5.41, 5.74) is 1.88. The van der Waals surface area contributed by atoms with E-state index >= 15 is 0 Å². The Morgan fingerprint density at radius 1 is 1.00 bits per heavy atom. The van der Waals surface area contributed by atoms with E-state index in [1.54, 1.807) is 7.05 Å². The second-order valence-corrected chi connectivity index (χ2v) is 6.40. The van der Waals surface area contributed by atoms with Crippen molar-refractivity contribution in [2.24, 2.45) is 0 Å². The molecule has 2 aliphatic rings. The summed E-state index contributed by atoms with van der Waals surface area (Å²) in [7, 11) is 5.62. The van der Waals surface area contributed by atoms with E-state index in [-0.39, 0.29) is 11.8 Å². The lowest BCUT2D eigenvalue weighted by molar-refractivity contribution is -0.136. The molecule has 0 aliphatic carbocycles. The number of nitrogens with zero attached hydrogens (tertiary/aromatic N) is 3. The van der Waals surface area contributed by atoms with Crippen molar-refractivity contribution >= 4 is 17.4 Å². The zero-order valence-corrected chi connectivity index (χ0v) is 14.0. The average Bonchev–Trinajstić information content (AvgIpc) is 2.80. The van der Waals surface area contributed by atoms with Crippen LogP contribution in [0.25, 0.3) is 5.57 Å². The number of carbonyl (C=O) groups is 2. The van der Waals surface area contributed by atoms with Crippen molar-refractivity contribution in [2.75, 3.05) is 34.2 Å². The van der Waals surface area contributed by atoms with Crippen LogP contribution in [0, 0.1) is 0 Å². The SMILES string of the molecule is CN1CCC(N(C)C2=C(c3ccccc3)C(=O)N(C)C2=O)CC1. The molecule has 0 unspecified atom stereocenters. The number of piperidine rings is 1. The molecule has 0 bridgehead atoms. The minimum atomic E-state index is -0.212. The summed E-state index contributed by atoms with van der Waals surface area (Å²) in [5, 5.41) is 0. The standard InChI is InChI=1S/C18H23N3O2/c1-19-11-9-14(10-12-19)20(2)16-15(13-7-5-4-6-8-13)17(22)21(3)18(16)23/h4-8,14H,9-12H2,1-3H3. The Morgan fingerprint density at radius 3 is 2.22 bits per heavy atom. The maximum atomic E-state index is 12.6. The Morgan fingerprint density at radius 2 is 1.61 bits per heavy atom. The van der Waals surface area contributed by atoms with E-state index in [4.69, 9.17) is 0 Å². The molecule has 0 atom stereocenters. The highest BCUT2D eigenvalue weighted by molar-refractivity contribution is 6.35. The lowest BCUT2D eigenvalue weighted by Gasteiger charge is -2.36. The van der Waals surface area contributed by atoms with Gasteiger partial charge in [0.25, 0.3) is 11.8 Å². The fourth-order valence-corrected chi connectivity index (χ4v) is 3.38. The van der Waals surface area contributed by atoms with Crippen LogP contribution in [0.15, 0.2) is 36.0 Å². The molecule has 1 aromatic rings. The lowest BCUT2D eigenvalue weighted by Crippen LogP contribution is -2.43. The number of likely N-dealkylation sites (N-methyl/N-ethyl adjacent to an activating group) is 2. The summed E-state index contributed by atoms with van der Waals surface area (Å²) in [6.07, 6.45) is 2.01. The number of hydrogen-bond donors (Lipinski definition) is 0. The van der Waals surface area contributed by atoms with Crippen LogP contribution in [0.4, 0.5) is 0 Å². The Labute approximate surface area is 137 Å². The molecule has 2 heterocycles. The Bertz CT molecular complexity index is 645. The van der Waals surface area contributed by atoms with Crippen LogP contribution in [0.1, 0.15) is 18.4 Å². The van der Waals surface area contributed by atoms with Crippen molar-refractivity contribution in [3.05, 3.63) is 41.6 Å². The summed E-state index contributed by atoms with van der Waals surface area (Å²) in [4.78, 5) is 30.8. The molecule has 0 aromatic heterocycles. The smallest absolute Gasteiger partial charge is 0.277 e. The van der Waals surface area contributed by atoms with Gasteiger partial charge < -0.3 is 9.80 Å². The number of likely N-dealkylation sites (tertiary alicyclic amines) is 1. The normalized spacial score (nSPS) is 20.6. The first kappa shape index (κ1) is 15.7. The Kier molecular flexibility index (Phi) is 4.22. The first-order valence-electron chi connectivity index (χ1n) is 8.04. The molecule has 0 spiro atoms. The minimum Gasteiger partial charge on any atom is -0.366 e. The molecule has 0 saturated carbocycles. The first-order valence-corrected chi connectivity index (χ1v) is 8.04. The third-order valence-corrected chi connectivity index (χ3v) is 4.91. The predicted molar refractivity (Wildman–Crippen MR) is 89.4 cm³/mol. The number of benzene rings is 1. The molecule has 122 valence electrons. The number of rotatable bonds is 3. The fraction of sp³-hybridized carbons (Fsp3) is 0.444. The van der Waals surface area contributed by atoms with Crippen LogP contribution < -0.4 is 0 Å². The second-order valence-electron chi connectivity index (χ2n) is 6.40. The summed E-state index contributed by atoms with van der Waals surface area (Å²) in [6, 6.07) is 9.78. The Balaban J connectivity index is 1.99. The van der Waals surface area contributed by atoms with Gasteiger partial charge in [-0.1, -0.05) is 30.3 Å². The van der Waals surface area contributed by atoms with Gasteiger partial charge in [0, 0.05) is 20.1 Å². The summed E-state index contributed by atoms with van der Waals surface area (Å²) in [5.74, 6) is -0.411. The van der Waals surface area contributed by atoms with E-state index in [0.29, 0.717) is 17.3 Å². The van der Waals surface area contributed by atoms with E-state index in [2.05, 4.69) is 11.9 Å². The highest BCUT2D eigenvalue weighted by atomic mass is 16.2. The zero-order valence-electron chi connectivity index (χ0n) is 14.0. The van der Waals surface area contributed by atoms with E-state index in [1.807, 2.05) is 42.3 Å². The zero-order chi connectivity index (χ0) is 16.6. The first-order chi connectivity index (χ1) is 11.0. The second kappa shape index (κ2) is 6.16. The van der Waals surface area contributed by atoms with Crippen LogP contribution in [0.3, 0.4) is 0 Å². The van der Waals surface area contributed by atoms with Gasteiger partial charge in [-0.2, -0.15) is 0 Å². The average molecular weight is 313 g/mol. The van der Waals surface area contributed by atoms with Gasteiger partial charge in [0.1, 0.15) is 5.70 Å². The van der Waals surface area contributed by atoms with Crippen molar-refractivity contribution < 1.29 is 9.59 Å². The summed E-state index contributed by atoms with van der Waals surface area (Å²) in [6.45, 7) is 2.03. The Hall–Kier alpha value is -2.14. The highest BCUT2D eigenvalue weighted by Crippen LogP contribution is 2.32. The van der Waals surface area contributed by atoms with Crippen LogP contribution >= 0.6 is 0 Å². The van der Waals surface area contributed by atoms with Crippen LogP contribution in [-0.2, 0) is 9.59 Å². The third-order valence-electron chi connectivity index (χ3n) is 4.91. The summed E-state index contributed by atoms with van der Waals surface area (Å²) < 4.78 is 0. The number of hydrogen-bond acceptors (Lipinski definition) is 4. The van der Waals surface area contributed by atoms with Gasteiger partial charge in [0.2, 0.25) is 0 Å². The van der Waals surface area contributed by atoms with Gasteiger partial charge in [-0.05, 0) is 38.5 Å². The van der Waals surface area contributed by atoms with Crippen molar-refractivity contribution in [3.63, 3.8) is 0 Å². The molecule has 1 fully saturated rings. The van der Waals surface area contributed by atoms with Crippen LogP contribution in [-0.4, -0.2) is 66.8 Å². The van der Waals surface area contributed by atoms with Crippen molar-refractivity contribution in [1.29, 1.82) is 0 Å². The van der Waals surface area contributed by atoms with E-state index < -0.39 is 0 Å². The molecule has 23 heavy (non-hydrogen) atoms. The van der Waals surface area contributed by atoms with Gasteiger partial charge in [-0.15, -0.1) is 0 Å². The monoisotopic (exact) mass is 313 g/mol. The number of imide groups is 1. The molecule has 0 radical (unpaired) electrons. The van der Waals surface area contributed by atoms with E-state index in [1.165, 1.54) is 4.90 Å². The molecule has 5 heteroatoms. The summed E-state index contributed by atoms with van der Waals surface area (Å²) >= 11 is 0. The number of amides is 2. The maximum Gasteiger partial charge on any atom is 0.277 e. The third kappa shape index (κ3) is 2.77. The molecule has 0 N–H and O–H groups in total. The van der Waals surface area contributed by atoms with E-state index in [9.17, 15) is 9.59 Å². The van der Waals surface area contributed by atoms with Crippen molar-refractivity contribution in [2.45, 2.75) is 18.9 Å². The largest absolute Gasteiger partial charge is 0.366 e. The van der Waals surface area contributed by atoms with E-state index in [0.717, 1.165) is 31.5 Å². The van der Waals surface area contributed by atoms with Crippen molar-refractivity contribution in [3.8, 4) is 0 Å². The van der Waals surface area contributed by atoms with Crippen molar-refractivity contribution in [1.82, 2.24) is 14.7 Å². The topological polar surface area (TPSA) is 43.9 Å². The van der Waals surface area contributed by atoms with Gasteiger partial charge in [-0.25, -0.2) is 0 Å². The molecule has 5 nitrogen and oxygen atoms in total. The van der Waals surface area contributed by atoms with Gasteiger partial charge in [-0.3, -0.25) is 14.5 Å². The fourth-order valence-electron chi connectivity index (χ4n) is 3.38. The molecule has 3 rings (SSSR count). The van der Waals surface area contributed by atoms with Crippen LogP contribution in [0.5, 0.6) is 0 Å². The molecule has 2 aliphatic heterocycles. The molecular weight excluding hydrogens is 290 g/mol. The highest BCUT2D eigenvalue weighted by Gasteiger charge is 2.40. The molecule has 1 saturated heterocycles. The predicted octanol–water partition coefficient (Wildman–Crippen LogP) is 1.42. The quantitative estimate of drug-likeness (QED) is 0.792. The van der Waals surface area contributed by atoms with Gasteiger partial charge in [0.15, 0.2) is 0 Å². The van der Waals surface area contributed by atoms with Gasteiger partial charge in [0.05, 0.1) is 5.57 Å². The molecule has 2 amide bonds. The molecule has 1 aromatic carbocycles. The van der Waals surface area contributed by atoms with Gasteiger partial charge >= 0.3 is 0 Å².